The minimum Gasteiger partial charge on any atom is -0.310 e. The number of pyridine rings is 1. The van der Waals surface area contributed by atoms with E-state index >= 15 is 0 Å². The highest BCUT2D eigenvalue weighted by atomic mass is 14.9. The molecule has 1 heterocycles. The van der Waals surface area contributed by atoms with Crippen LogP contribution in [0.2, 0.25) is 0 Å². The molecule has 14 heavy (non-hydrogen) atoms. The monoisotopic (exact) mass is 190 g/mol. The summed E-state index contributed by atoms with van der Waals surface area (Å²) >= 11 is 0. The number of rotatable bonds is 3. The molecule has 2 heteroatoms. The van der Waals surface area contributed by atoms with Gasteiger partial charge >= 0.3 is 0 Å². The zero-order chi connectivity index (χ0) is 9.97. The van der Waals surface area contributed by atoms with Gasteiger partial charge in [0.2, 0.25) is 0 Å². The second-order valence-corrected chi connectivity index (χ2v) is 4.46. The fourth-order valence-corrected chi connectivity index (χ4v) is 1.93. The van der Waals surface area contributed by atoms with Gasteiger partial charge in [-0.1, -0.05) is 13.0 Å². The molecule has 1 aromatic heterocycles. The smallest absolute Gasteiger partial charge is 0.0372 e. The maximum Gasteiger partial charge on any atom is 0.0372 e. The Kier molecular flexibility index (Phi) is 2.82. The van der Waals surface area contributed by atoms with E-state index < -0.39 is 0 Å². The molecule has 0 aliphatic heterocycles. The number of aryl methyl sites for hydroxylation is 1. The predicted molar refractivity (Wildman–Crippen MR) is 58.0 cm³/mol. The summed E-state index contributed by atoms with van der Waals surface area (Å²) in [6.45, 7) is 5.29. The molecule has 2 nitrogen and oxygen atoms in total. The van der Waals surface area contributed by atoms with Gasteiger partial charge in [-0.3, -0.25) is 4.98 Å². The summed E-state index contributed by atoms with van der Waals surface area (Å²) in [6, 6.07) is 4.96. The lowest BCUT2D eigenvalue weighted by molar-refractivity contribution is 0.240. The van der Waals surface area contributed by atoms with Crippen molar-refractivity contribution in [1.82, 2.24) is 10.3 Å². The van der Waals surface area contributed by atoms with Gasteiger partial charge in [-0.2, -0.15) is 0 Å². The van der Waals surface area contributed by atoms with E-state index in [0.717, 1.165) is 24.2 Å². The van der Waals surface area contributed by atoms with Gasteiger partial charge in [0.25, 0.3) is 0 Å². The molecular weight excluding hydrogens is 172 g/mol. The zero-order valence-electron chi connectivity index (χ0n) is 8.96. The lowest BCUT2D eigenvalue weighted by Gasteiger charge is -2.33. The summed E-state index contributed by atoms with van der Waals surface area (Å²) in [6.07, 6.45) is 4.63. The fraction of sp³-hybridized carbons (Fsp3) is 0.583. The average molecular weight is 190 g/mol. The summed E-state index contributed by atoms with van der Waals surface area (Å²) in [7, 11) is 0. The molecule has 0 saturated heterocycles. The molecular formula is C12H18N2. The van der Waals surface area contributed by atoms with Gasteiger partial charge in [0.15, 0.2) is 0 Å². The molecule has 0 bridgehead atoms. The van der Waals surface area contributed by atoms with Crippen LogP contribution in [0.3, 0.4) is 0 Å². The predicted octanol–water partition coefficient (Wildman–Crippen LogP) is 2.28. The molecule has 2 rings (SSSR count). The summed E-state index contributed by atoms with van der Waals surface area (Å²) in [5.41, 5.74) is 2.38. The number of nitrogens with zero attached hydrogens (tertiary/aromatic N) is 1. The Morgan fingerprint density at radius 2 is 2.21 bits per heavy atom. The first kappa shape index (κ1) is 9.66. The van der Waals surface area contributed by atoms with E-state index in [2.05, 4.69) is 29.4 Å². The second-order valence-electron chi connectivity index (χ2n) is 4.46. The lowest BCUT2D eigenvalue weighted by atomic mass is 9.82. The standard InChI is InChI=1S/C12H18N2/c1-9-5-12(6-9)14-8-11-4-3-10(2)13-7-11/h3-4,7,9,12,14H,5-6,8H2,1-2H3. The van der Waals surface area contributed by atoms with Crippen LogP contribution in [0.15, 0.2) is 18.3 Å². The molecule has 0 atom stereocenters. The Morgan fingerprint density at radius 1 is 1.43 bits per heavy atom. The lowest BCUT2D eigenvalue weighted by Crippen LogP contribution is -2.39. The Labute approximate surface area is 85.7 Å². The van der Waals surface area contributed by atoms with Crippen LogP contribution < -0.4 is 5.32 Å². The Bertz CT molecular complexity index is 286. The van der Waals surface area contributed by atoms with Crippen molar-refractivity contribution >= 4 is 0 Å². The zero-order valence-corrected chi connectivity index (χ0v) is 8.96. The molecule has 0 aromatic carbocycles. The van der Waals surface area contributed by atoms with Crippen molar-refractivity contribution in [2.24, 2.45) is 5.92 Å². The largest absolute Gasteiger partial charge is 0.310 e. The highest BCUT2D eigenvalue weighted by molar-refractivity contribution is 5.13. The quantitative estimate of drug-likeness (QED) is 0.791. The highest BCUT2D eigenvalue weighted by Gasteiger charge is 2.24. The maximum atomic E-state index is 4.28. The Hall–Kier alpha value is -0.890. The van der Waals surface area contributed by atoms with Crippen molar-refractivity contribution < 1.29 is 0 Å². The van der Waals surface area contributed by atoms with Crippen LogP contribution in [0.4, 0.5) is 0 Å². The van der Waals surface area contributed by atoms with E-state index in [4.69, 9.17) is 0 Å². The van der Waals surface area contributed by atoms with E-state index in [9.17, 15) is 0 Å². The van der Waals surface area contributed by atoms with Gasteiger partial charge in [0, 0.05) is 24.5 Å². The molecule has 76 valence electrons. The van der Waals surface area contributed by atoms with Crippen LogP contribution in [0.25, 0.3) is 0 Å². The molecule has 1 fully saturated rings. The summed E-state index contributed by atoms with van der Waals surface area (Å²) in [4.78, 5) is 4.28. The summed E-state index contributed by atoms with van der Waals surface area (Å²) in [5.74, 6) is 0.920. The highest BCUT2D eigenvalue weighted by Crippen LogP contribution is 2.26. The van der Waals surface area contributed by atoms with Crippen molar-refractivity contribution in [2.75, 3.05) is 0 Å². The van der Waals surface area contributed by atoms with Crippen LogP contribution in [-0.2, 0) is 6.54 Å². The maximum absolute atomic E-state index is 4.28. The van der Waals surface area contributed by atoms with Crippen molar-refractivity contribution in [1.29, 1.82) is 0 Å². The van der Waals surface area contributed by atoms with Crippen LogP contribution in [0, 0.1) is 12.8 Å². The third kappa shape index (κ3) is 2.32. The van der Waals surface area contributed by atoms with Gasteiger partial charge in [-0.15, -0.1) is 0 Å². The van der Waals surface area contributed by atoms with E-state index in [1.807, 2.05) is 13.1 Å². The fourth-order valence-electron chi connectivity index (χ4n) is 1.93. The number of aromatic nitrogens is 1. The van der Waals surface area contributed by atoms with E-state index in [0.29, 0.717) is 0 Å². The van der Waals surface area contributed by atoms with Gasteiger partial charge in [-0.05, 0) is 37.3 Å². The van der Waals surface area contributed by atoms with Crippen LogP contribution >= 0.6 is 0 Å². The molecule has 0 amide bonds. The van der Waals surface area contributed by atoms with Gasteiger partial charge in [-0.25, -0.2) is 0 Å². The van der Waals surface area contributed by atoms with Crippen LogP contribution in [0.5, 0.6) is 0 Å². The third-order valence-electron chi connectivity index (χ3n) is 2.94. The molecule has 1 saturated carbocycles. The average Bonchev–Trinajstić information content (AvgIpc) is 2.13. The molecule has 0 radical (unpaired) electrons. The minimum atomic E-state index is 0.742. The number of hydrogen-bond acceptors (Lipinski definition) is 2. The third-order valence-corrected chi connectivity index (χ3v) is 2.94. The van der Waals surface area contributed by atoms with E-state index in [1.54, 1.807) is 0 Å². The Balaban J connectivity index is 1.78. The topological polar surface area (TPSA) is 24.9 Å². The number of hydrogen-bond donors (Lipinski definition) is 1. The first-order valence-electron chi connectivity index (χ1n) is 5.39. The van der Waals surface area contributed by atoms with E-state index in [1.165, 1.54) is 18.4 Å². The molecule has 1 N–H and O–H groups in total. The summed E-state index contributed by atoms with van der Waals surface area (Å²) in [5, 5.41) is 3.55. The molecule has 0 unspecified atom stereocenters. The Morgan fingerprint density at radius 3 is 2.79 bits per heavy atom. The molecule has 1 aromatic rings. The van der Waals surface area contributed by atoms with E-state index in [-0.39, 0.29) is 0 Å². The minimum absolute atomic E-state index is 0.742. The van der Waals surface area contributed by atoms with Crippen molar-refractivity contribution in [3.63, 3.8) is 0 Å². The van der Waals surface area contributed by atoms with Gasteiger partial charge in [0.05, 0.1) is 0 Å². The van der Waals surface area contributed by atoms with Crippen molar-refractivity contribution in [2.45, 2.75) is 39.3 Å². The molecule has 1 aliphatic rings. The molecule has 0 spiro atoms. The molecule has 1 aliphatic carbocycles. The van der Waals surface area contributed by atoms with Crippen molar-refractivity contribution in [3.05, 3.63) is 29.6 Å². The summed E-state index contributed by atoms with van der Waals surface area (Å²) < 4.78 is 0. The van der Waals surface area contributed by atoms with Gasteiger partial charge < -0.3 is 5.32 Å². The normalized spacial score (nSPS) is 25.9. The first-order valence-corrected chi connectivity index (χ1v) is 5.39. The second kappa shape index (κ2) is 4.09. The van der Waals surface area contributed by atoms with Crippen molar-refractivity contribution in [3.8, 4) is 0 Å². The number of nitrogens with one attached hydrogen (secondary N) is 1. The van der Waals surface area contributed by atoms with Crippen LogP contribution in [0.1, 0.15) is 31.0 Å². The van der Waals surface area contributed by atoms with Crippen LogP contribution in [-0.4, -0.2) is 11.0 Å². The SMILES string of the molecule is Cc1ccc(CNC2CC(C)C2)cn1. The first-order chi connectivity index (χ1) is 6.74. The van der Waals surface area contributed by atoms with Gasteiger partial charge in [0.1, 0.15) is 0 Å².